The number of benzene rings is 2. The van der Waals surface area contributed by atoms with Crippen molar-refractivity contribution < 1.29 is 27.4 Å². The first-order chi connectivity index (χ1) is 15.7. The van der Waals surface area contributed by atoms with Crippen molar-refractivity contribution in [3.8, 4) is 22.8 Å². The van der Waals surface area contributed by atoms with Crippen molar-refractivity contribution in [1.29, 1.82) is 0 Å². The molecule has 5 rings (SSSR count). The van der Waals surface area contributed by atoms with Crippen LogP contribution in [0.15, 0.2) is 53.5 Å². The fourth-order valence-corrected chi connectivity index (χ4v) is 3.46. The molecule has 9 nitrogen and oxygen atoms in total. The molecule has 2 aromatic heterocycles. The first-order valence-corrected chi connectivity index (χ1v) is 9.58. The number of H-pyrrole nitrogens is 1. The summed E-state index contributed by atoms with van der Waals surface area (Å²) in [7, 11) is 1.41. The van der Waals surface area contributed by atoms with Crippen LogP contribution in [0.2, 0.25) is 0 Å². The normalized spacial score (nSPS) is 13.9. The average molecular weight is 457 g/mol. The number of alkyl halides is 2. The zero-order valence-corrected chi connectivity index (χ0v) is 16.9. The molecule has 0 saturated heterocycles. The van der Waals surface area contributed by atoms with Crippen LogP contribution in [0, 0.1) is 5.82 Å². The molecule has 3 heterocycles. The second-order valence-corrected chi connectivity index (χ2v) is 7.23. The Morgan fingerprint density at radius 3 is 2.76 bits per heavy atom. The maximum absolute atomic E-state index is 13.8. The quantitative estimate of drug-likeness (QED) is 0.506. The summed E-state index contributed by atoms with van der Waals surface area (Å²) in [4.78, 5) is 26.9. The topological polar surface area (TPSA) is 102 Å². The minimum Gasteiger partial charge on any atom is -0.395 e. The van der Waals surface area contributed by atoms with Crippen LogP contribution in [-0.2, 0) is 11.3 Å². The molecule has 0 saturated carbocycles. The van der Waals surface area contributed by atoms with Gasteiger partial charge in [-0.3, -0.25) is 14.7 Å². The fourth-order valence-electron chi connectivity index (χ4n) is 3.46. The molecule has 0 spiro atoms. The van der Waals surface area contributed by atoms with Crippen LogP contribution in [0.4, 0.5) is 18.9 Å². The number of hydrogen-bond acceptors (Lipinski definition) is 6. The Bertz CT molecular complexity index is 1470. The highest BCUT2D eigenvalue weighted by atomic mass is 19.3. The summed E-state index contributed by atoms with van der Waals surface area (Å²) in [6, 6.07) is 9.50. The monoisotopic (exact) mass is 457 g/mol. The smallest absolute Gasteiger partial charge is 0.395 e. The number of amides is 1. The Morgan fingerprint density at radius 2 is 1.97 bits per heavy atom. The molecule has 0 atom stereocenters. The second-order valence-electron chi connectivity index (χ2n) is 7.23. The molecular formula is C21H14F3N5O4. The van der Waals surface area contributed by atoms with Gasteiger partial charge in [0.2, 0.25) is 5.91 Å². The van der Waals surface area contributed by atoms with Crippen molar-refractivity contribution in [3.05, 3.63) is 64.8 Å². The van der Waals surface area contributed by atoms with E-state index in [-0.39, 0.29) is 28.4 Å². The van der Waals surface area contributed by atoms with Gasteiger partial charge in [-0.15, -0.1) is 8.78 Å². The Labute approximate surface area is 183 Å². The lowest BCUT2D eigenvalue weighted by Gasteiger charge is -2.18. The molecule has 1 amide bonds. The molecule has 0 bridgehead atoms. The average Bonchev–Trinajstić information content (AvgIpc) is 3.37. The van der Waals surface area contributed by atoms with Crippen LogP contribution in [-0.4, -0.2) is 39.2 Å². The van der Waals surface area contributed by atoms with Crippen LogP contribution in [0.1, 0.15) is 0 Å². The van der Waals surface area contributed by atoms with Gasteiger partial charge in [-0.05, 0) is 24.3 Å². The third-order valence-electron chi connectivity index (χ3n) is 5.09. The molecule has 33 heavy (non-hydrogen) atoms. The van der Waals surface area contributed by atoms with Crippen molar-refractivity contribution in [2.45, 2.75) is 12.8 Å². The third kappa shape index (κ3) is 3.64. The Balaban J connectivity index is 1.48. The highest BCUT2D eigenvalue weighted by molar-refractivity contribution is 5.94. The largest absolute Gasteiger partial charge is 0.586 e. The summed E-state index contributed by atoms with van der Waals surface area (Å²) in [6.45, 7) is -0.475. The SMILES string of the molecule is CN(C(=O)Cn1nc(-c2cccc(F)c2)c2cn[nH]c2c1=O)c1ccc2c(c1)OC(F)(F)O2. The lowest BCUT2D eigenvalue weighted by Crippen LogP contribution is -2.35. The van der Waals surface area contributed by atoms with E-state index in [1.807, 2.05) is 0 Å². The highest BCUT2D eigenvalue weighted by Gasteiger charge is 2.43. The molecule has 4 aromatic rings. The molecule has 2 aromatic carbocycles. The standard InChI is InChI=1S/C21H14F3N5O4/c1-28(13-5-6-15-16(8-13)33-21(23,24)32-15)17(30)10-29-20(31)19-14(9-25-26-19)18(27-29)11-3-2-4-12(22)7-11/h2-9H,10H2,1H3,(H,25,26). The number of carbonyl (C=O) groups is 1. The molecule has 1 aliphatic heterocycles. The van der Waals surface area contributed by atoms with Gasteiger partial charge < -0.3 is 14.4 Å². The van der Waals surface area contributed by atoms with Crippen LogP contribution in [0.5, 0.6) is 11.5 Å². The number of rotatable bonds is 4. The summed E-state index contributed by atoms with van der Waals surface area (Å²) in [5.41, 5.74) is 0.395. The van der Waals surface area contributed by atoms with Crippen LogP contribution in [0.3, 0.4) is 0 Å². The van der Waals surface area contributed by atoms with Crippen LogP contribution >= 0.6 is 0 Å². The van der Waals surface area contributed by atoms with E-state index >= 15 is 0 Å². The van der Waals surface area contributed by atoms with E-state index in [0.29, 0.717) is 10.9 Å². The number of halogens is 3. The van der Waals surface area contributed by atoms with Gasteiger partial charge in [-0.25, -0.2) is 9.07 Å². The summed E-state index contributed by atoms with van der Waals surface area (Å²) in [5.74, 6) is -1.45. The summed E-state index contributed by atoms with van der Waals surface area (Å²) in [5, 5.41) is 11.1. The number of aromatic amines is 1. The predicted molar refractivity (Wildman–Crippen MR) is 110 cm³/mol. The Morgan fingerprint density at radius 1 is 1.18 bits per heavy atom. The van der Waals surface area contributed by atoms with E-state index in [0.717, 1.165) is 9.58 Å². The minimum absolute atomic E-state index is 0.102. The van der Waals surface area contributed by atoms with E-state index in [1.165, 1.54) is 49.6 Å². The lowest BCUT2D eigenvalue weighted by molar-refractivity contribution is -0.286. The van der Waals surface area contributed by atoms with E-state index in [1.54, 1.807) is 6.07 Å². The maximum atomic E-state index is 13.8. The second kappa shape index (κ2) is 7.36. The van der Waals surface area contributed by atoms with Gasteiger partial charge in [0.1, 0.15) is 23.6 Å². The Kier molecular flexibility index (Phi) is 4.58. The number of nitrogens with zero attached hydrogens (tertiary/aromatic N) is 4. The summed E-state index contributed by atoms with van der Waals surface area (Å²) in [6.07, 6.45) is -2.39. The zero-order valence-electron chi connectivity index (χ0n) is 16.9. The first kappa shape index (κ1) is 20.5. The number of anilines is 1. The minimum atomic E-state index is -3.78. The van der Waals surface area contributed by atoms with Gasteiger partial charge in [0.25, 0.3) is 5.56 Å². The van der Waals surface area contributed by atoms with Gasteiger partial charge >= 0.3 is 6.29 Å². The molecule has 168 valence electrons. The van der Waals surface area contributed by atoms with Crippen LogP contribution in [0.25, 0.3) is 22.2 Å². The number of aromatic nitrogens is 4. The molecule has 1 N–H and O–H groups in total. The summed E-state index contributed by atoms with van der Waals surface area (Å²) < 4.78 is 50.0. The van der Waals surface area contributed by atoms with Gasteiger partial charge in [0.15, 0.2) is 11.5 Å². The number of ether oxygens (including phenoxy) is 2. The number of likely N-dealkylation sites (N-methyl/N-ethyl adjacent to an activating group) is 1. The molecule has 0 fully saturated rings. The third-order valence-corrected chi connectivity index (χ3v) is 5.09. The van der Waals surface area contributed by atoms with Crippen molar-refractivity contribution in [2.75, 3.05) is 11.9 Å². The van der Waals surface area contributed by atoms with Crippen molar-refractivity contribution in [1.82, 2.24) is 20.0 Å². The number of hydrogen-bond donors (Lipinski definition) is 1. The maximum Gasteiger partial charge on any atom is 0.586 e. The molecule has 0 radical (unpaired) electrons. The summed E-state index contributed by atoms with van der Waals surface area (Å²) >= 11 is 0. The van der Waals surface area contributed by atoms with Gasteiger partial charge in [0, 0.05) is 24.4 Å². The number of nitrogens with one attached hydrogen (secondary N) is 1. The zero-order chi connectivity index (χ0) is 23.3. The molecular weight excluding hydrogens is 443 g/mol. The van der Waals surface area contributed by atoms with E-state index in [9.17, 15) is 22.8 Å². The van der Waals surface area contributed by atoms with E-state index < -0.39 is 30.1 Å². The highest BCUT2D eigenvalue weighted by Crippen LogP contribution is 2.42. The molecule has 0 aliphatic carbocycles. The van der Waals surface area contributed by atoms with E-state index in [2.05, 4.69) is 24.8 Å². The lowest BCUT2D eigenvalue weighted by atomic mass is 10.1. The van der Waals surface area contributed by atoms with Crippen molar-refractivity contribution in [2.24, 2.45) is 0 Å². The predicted octanol–water partition coefficient (Wildman–Crippen LogP) is 2.91. The van der Waals surface area contributed by atoms with Gasteiger partial charge in [-0.2, -0.15) is 10.2 Å². The van der Waals surface area contributed by atoms with Crippen molar-refractivity contribution >= 4 is 22.5 Å². The fraction of sp³-hybridized carbons (Fsp3) is 0.143. The van der Waals surface area contributed by atoms with Crippen LogP contribution < -0.4 is 19.9 Å². The van der Waals surface area contributed by atoms with Gasteiger partial charge in [-0.1, -0.05) is 12.1 Å². The van der Waals surface area contributed by atoms with E-state index in [4.69, 9.17) is 0 Å². The first-order valence-electron chi connectivity index (χ1n) is 9.58. The number of carbonyl (C=O) groups excluding carboxylic acids is 1. The molecule has 1 aliphatic rings. The number of fused-ring (bicyclic) bond motifs is 2. The molecule has 12 heteroatoms. The molecule has 0 unspecified atom stereocenters. The Hall–Kier alpha value is -4.35. The van der Waals surface area contributed by atoms with Crippen molar-refractivity contribution in [3.63, 3.8) is 0 Å². The van der Waals surface area contributed by atoms with Gasteiger partial charge in [0.05, 0.1) is 11.6 Å².